The molecule has 1 fully saturated rings. The Kier molecular flexibility index (Phi) is 5.93. The summed E-state index contributed by atoms with van der Waals surface area (Å²) in [6, 6.07) is 23.9. The number of carbonyl (C=O) groups is 2. The van der Waals surface area contributed by atoms with Crippen LogP contribution in [0.3, 0.4) is 0 Å². The van der Waals surface area contributed by atoms with Crippen molar-refractivity contribution in [1.82, 2.24) is 9.47 Å². The molecule has 6 rings (SSSR count). The predicted octanol–water partition coefficient (Wildman–Crippen LogP) is 6.40. The number of rotatable bonds is 5. The molecule has 2 aliphatic rings. The molecule has 0 saturated heterocycles. The maximum Gasteiger partial charge on any atom is 0.322 e. The van der Waals surface area contributed by atoms with Crippen molar-refractivity contribution < 1.29 is 14.0 Å². The van der Waals surface area contributed by atoms with Crippen LogP contribution in [0.1, 0.15) is 30.1 Å². The molecule has 2 heterocycles. The fourth-order valence-corrected chi connectivity index (χ4v) is 5.05. The molecule has 3 aromatic carbocycles. The van der Waals surface area contributed by atoms with Gasteiger partial charge in [0.25, 0.3) is 0 Å². The van der Waals surface area contributed by atoms with Gasteiger partial charge in [-0.1, -0.05) is 35.9 Å². The van der Waals surface area contributed by atoms with Crippen LogP contribution in [-0.4, -0.2) is 34.0 Å². The van der Waals surface area contributed by atoms with E-state index < -0.39 is 6.04 Å². The maximum absolute atomic E-state index is 14.1. The third kappa shape index (κ3) is 4.47. The van der Waals surface area contributed by atoms with Gasteiger partial charge in [0, 0.05) is 22.9 Å². The lowest BCUT2D eigenvalue weighted by Crippen LogP contribution is -2.48. The zero-order valence-electron chi connectivity index (χ0n) is 19.9. The summed E-state index contributed by atoms with van der Waals surface area (Å²) in [5.41, 5.74) is 3.89. The third-order valence-corrected chi connectivity index (χ3v) is 7.08. The number of anilines is 2. The molecule has 1 aliphatic carbocycles. The first kappa shape index (κ1) is 23.3. The van der Waals surface area contributed by atoms with E-state index in [-0.39, 0.29) is 30.3 Å². The highest BCUT2D eigenvalue weighted by atomic mass is 35.5. The number of fused-ring (bicyclic) bond motifs is 3. The maximum atomic E-state index is 14.1. The fraction of sp³-hybridized carbons (Fsp3) is 0.172. The highest BCUT2D eigenvalue weighted by Gasteiger charge is 2.40. The standard InChI is InChI=1S/C29H24ClFN4O2/c30-20-9-13-22(14-10-20)32-29(37)34(23-15-16-23)18-27(36)35-25-5-2-1-4-24(25)33-17-3-6-26(33)28(35)19-7-11-21(31)12-8-19/h1-14,17,23,28H,15-16,18H2,(H,32,37). The van der Waals surface area contributed by atoms with E-state index in [1.807, 2.05) is 42.6 Å². The summed E-state index contributed by atoms with van der Waals surface area (Å²) >= 11 is 5.97. The van der Waals surface area contributed by atoms with Gasteiger partial charge in [0.05, 0.1) is 17.1 Å². The number of nitrogens with one attached hydrogen (secondary N) is 1. The number of carbonyl (C=O) groups excluding carboxylic acids is 2. The van der Waals surface area contributed by atoms with Crippen LogP contribution in [0.4, 0.5) is 20.6 Å². The van der Waals surface area contributed by atoms with Gasteiger partial charge in [-0.15, -0.1) is 0 Å². The summed E-state index contributed by atoms with van der Waals surface area (Å²) in [4.78, 5) is 30.7. The van der Waals surface area contributed by atoms with Crippen LogP contribution in [-0.2, 0) is 4.79 Å². The van der Waals surface area contributed by atoms with Crippen LogP contribution in [0.2, 0.25) is 5.02 Å². The van der Waals surface area contributed by atoms with Crippen molar-refractivity contribution in [3.8, 4) is 5.69 Å². The minimum atomic E-state index is -0.474. The van der Waals surface area contributed by atoms with Crippen LogP contribution in [0.25, 0.3) is 5.69 Å². The summed E-state index contributed by atoms with van der Waals surface area (Å²) < 4.78 is 15.9. The molecular formula is C29H24ClFN4O2. The molecule has 1 unspecified atom stereocenters. The SMILES string of the molecule is O=C(Nc1ccc(Cl)cc1)N(CC(=O)N1c2ccccc2-n2cccc2C1c1ccc(F)cc1)C1CC1. The minimum absolute atomic E-state index is 0.00409. The lowest BCUT2D eigenvalue weighted by atomic mass is 9.97. The molecule has 0 bridgehead atoms. The topological polar surface area (TPSA) is 57.6 Å². The second-order valence-electron chi connectivity index (χ2n) is 9.31. The van der Waals surface area contributed by atoms with E-state index in [0.717, 1.165) is 35.5 Å². The lowest BCUT2D eigenvalue weighted by molar-refractivity contribution is -0.119. The van der Waals surface area contributed by atoms with Crippen LogP contribution in [0.15, 0.2) is 91.1 Å². The first-order valence-corrected chi connectivity index (χ1v) is 12.5. The van der Waals surface area contributed by atoms with Gasteiger partial charge < -0.3 is 14.8 Å². The molecule has 3 amide bonds. The van der Waals surface area contributed by atoms with Crippen molar-refractivity contribution in [3.05, 3.63) is 113 Å². The van der Waals surface area contributed by atoms with Crippen molar-refractivity contribution in [2.75, 3.05) is 16.8 Å². The number of amides is 3. The molecule has 1 aromatic heterocycles. The second kappa shape index (κ2) is 9.41. The van der Waals surface area contributed by atoms with Gasteiger partial charge in [0.15, 0.2) is 0 Å². The fourth-order valence-electron chi connectivity index (χ4n) is 4.93. The van der Waals surface area contributed by atoms with E-state index in [1.165, 1.54) is 12.1 Å². The number of halogens is 2. The van der Waals surface area contributed by atoms with Crippen molar-refractivity contribution in [1.29, 1.82) is 0 Å². The zero-order valence-corrected chi connectivity index (χ0v) is 20.6. The highest BCUT2D eigenvalue weighted by molar-refractivity contribution is 6.30. The number of benzene rings is 3. The molecule has 186 valence electrons. The van der Waals surface area contributed by atoms with Crippen LogP contribution in [0, 0.1) is 5.82 Å². The van der Waals surface area contributed by atoms with E-state index in [9.17, 15) is 14.0 Å². The van der Waals surface area contributed by atoms with Gasteiger partial charge in [-0.05, 0) is 79.1 Å². The molecule has 8 heteroatoms. The number of aromatic nitrogens is 1. The van der Waals surface area contributed by atoms with E-state index in [1.54, 1.807) is 46.2 Å². The Morgan fingerprint density at radius 2 is 1.62 bits per heavy atom. The molecule has 1 atom stereocenters. The second-order valence-corrected chi connectivity index (χ2v) is 9.74. The lowest BCUT2D eigenvalue weighted by Gasteiger charge is -2.39. The molecule has 1 saturated carbocycles. The number of nitrogens with zero attached hydrogens (tertiary/aromatic N) is 3. The largest absolute Gasteiger partial charge is 0.322 e. The van der Waals surface area contributed by atoms with E-state index >= 15 is 0 Å². The molecule has 37 heavy (non-hydrogen) atoms. The van der Waals surface area contributed by atoms with Gasteiger partial charge in [-0.3, -0.25) is 9.69 Å². The Morgan fingerprint density at radius 3 is 2.32 bits per heavy atom. The summed E-state index contributed by atoms with van der Waals surface area (Å²) in [6.07, 6.45) is 3.66. The Labute approximate surface area is 218 Å². The minimum Gasteiger partial charge on any atom is -0.316 e. The van der Waals surface area contributed by atoms with Crippen molar-refractivity contribution in [2.45, 2.75) is 24.9 Å². The Bertz CT molecular complexity index is 1460. The monoisotopic (exact) mass is 514 g/mol. The van der Waals surface area contributed by atoms with Gasteiger partial charge >= 0.3 is 6.03 Å². The smallest absolute Gasteiger partial charge is 0.316 e. The van der Waals surface area contributed by atoms with E-state index in [2.05, 4.69) is 9.88 Å². The first-order valence-electron chi connectivity index (χ1n) is 12.2. The summed E-state index contributed by atoms with van der Waals surface area (Å²) in [5, 5.41) is 3.47. The van der Waals surface area contributed by atoms with Crippen molar-refractivity contribution in [3.63, 3.8) is 0 Å². The molecule has 1 aliphatic heterocycles. The summed E-state index contributed by atoms with van der Waals surface area (Å²) in [6.45, 7) is -0.0865. The van der Waals surface area contributed by atoms with Gasteiger partial charge in [0.2, 0.25) is 5.91 Å². The normalized spacial score (nSPS) is 16.1. The predicted molar refractivity (Wildman–Crippen MR) is 142 cm³/mol. The quantitative estimate of drug-likeness (QED) is 0.335. The summed E-state index contributed by atoms with van der Waals surface area (Å²) in [5.74, 6) is -0.556. The zero-order chi connectivity index (χ0) is 25.5. The Morgan fingerprint density at radius 1 is 0.919 bits per heavy atom. The average molecular weight is 515 g/mol. The van der Waals surface area contributed by atoms with Crippen LogP contribution < -0.4 is 10.2 Å². The number of hydrogen-bond donors (Lipinski definition) is 1. The van der Waals surface area contributed by atoms with E-state index in [0.29, 0.717) is 10.7 Å². The highest BCUT2D eigenvalue weighted by Crippen LogP contribution is 2.42. The van der Waals surface area contributed by atoms with Crippen molar-refractivity contribution >= 4 is 34.9 Å². The van der Waals surface area contributed by atoms with Gasteiger partial charge in [-0.25, -0.2) is 9.18 Å². The summed E-state index contributed by atoms with van der Waals surface area (Å²) in [7, 11) is 0. The molecule has 6 nitrogen and oxygen atoms in total. The first-order chi connectivity index (χ1) is 18.0. The van der Waals surface area contributed by atoms with E-state index in [4.69, 9.17) is 11.6 Å². The number of hydrogen-bond acceptors (Lipinski definition) is 2. The van der Waals surface area contributed by atoms with Crippen molar-refractivity contribution in [2.24, 2.45) is 0 Å². The van der Waals surface area contributed by atoms with Crippen LogP contribution in [0.5, 0.6) is 0 Å². The average Bonchev–Trinajstić information content (AvgIpc) is 3.63. The van der Waals surface area contributed by atoms with Crippen LogP contribution >= 0.6 is 11.6 Å². The molecule has 0 radical (unpaired) electrons. The molecule has 1 N–H and O–H groups in total. The number of para-hydroxylation sites is 2. The molecule has 4 aromatic rings. The Hall–Kier alpha value is -4.10. The Balaban J connectivity index is 1.35. The van der Waals surface area contributed by atoms with Gasteiger partial charge in [-0.2, -0.15) is 0 Å². The molecular weight excluding hydrogens is 491 g/mol. The van der Waals surface area contributed by atoms with Gasteiger partial charge in [0.1, 0.15) is 18.4 Å². The third-order valence-electron chi connectivity index (χ3n) is 6.82. The number of urea groups is 1. The molecule has 0 spiro atoms.